The minimum Gasteiger partial charge on any atom is -0.489 e. The molecule has 27 heavy (non-hydrogen) atoms. The van der Waals surface area contributed by atoms with Gasteiger partial charge in [0.05, 0.1) is 11.2 Å². The van der Waals surface area contributed by atoms with Crippen molar-refractivity contribution in [2.75, 3.05) is 0 Å². The van der Waals surface area contributed by atoms with Crippen LogP contribution in [0.2, 0.25) is 0 Å². The Bertz CT molecular complexity index is 812. The van der Waals surface area contributed by atoms with Crippen molar-refractivity contribution >= 4 is 12.6 Å². The standard InChI is InChI=1S/C23H29BO3/c1-22(2)23(3,4)27-24(26-22)20-11-7-8-17(14-20)16-25-21-13-12-18-9-5-6-10-19(18)15-21/h7-8,11-15H,5-6,9-10,16H2,1-4H3. The molecule has 0 saturated carbocycles. The summed E-state index contributed by atoms with van der Waals surface area (Å²) in [5, 5.41) is 0. The van der Waals surface area contributed by atoms with Crippen molar-refractivity contribution in [1.82, 2.24) is 0 Å². The van der Waals surface area contributed by atoms with Gasteiger partial charge in [-0.15, -0.1) is 0 Å². The van der Waals surface area contributed by atoms with E-state index in [1.54, 1.807) is 0 Å². The molecule has 0 aromatic heterocycles. The third-order valence-corrected chi connectivity index (χ3v) is 6.20. The zero-order valence-electron chi connectivity index (χ0n) is 16.9. The van der Waals surface area contributed by atoms with E-state index in [1.165, 1.54) is 36.8 Å². The van der Waals surface area contributed by atoms with Gasteiger partial charge >= 0.3 is 7.12 Å². The normalized spacial score (nSPS) is 20.4. The molecule has 4 rings (SSSR count). The second-order valence-electron chi connectivity index (χ2n) is 8.76. The van der Waals surface area contributed by atoms with Crippen LogP contribution >= 0.6 is 0 Å². The van der Waals surface area contributed by atoms with Gasteiger partial charge in [-0.25, -0.2) is 0 Å². The minimum atomic E-state index is -0.335. The molecule has 142 valence electrons. The van der Waals surface area contributed by atoms with E-state index in [0.29, 0.717) is 6.61 Å². The maximum atomic E-state index is 6.17. The lowest BCUT2D eigenvalue weighted by Gasteiger charge is -2.32. The molecule has 3 nitrogen and oxygen atoms in total. The van der Waals surface area contributed by atoms with Crippen LogP contribution in [0.25, 0.3) is 0 Å². The van der Waals surface area contributed by atoms with Gasteiger partial charge in [-0.05, 0) is 87.7 Å². The van der Waals surface area contributed by atoms with Crippen molar-refractivity contribution in [3.05, 3.63) is 59.2 Å². The molecule has 2 aliphatic rings. The van der Waals surface area contributed by atoms with Crippen LogP contribution < -0.4 is 10.2 Å². The summed E-state index contributed by atoms with van der Waals surface area (Å²) in [6.07, 6.45) is 4.96. The summed E-state index contributed by atoms with van der Waals surface area (Å²) in [5.41, 5.74) is 4.45. The van der Waals surface area contributed by atoms with Gasteiger partial charge in [0, 0.05) is 0 Å². The van der Waals surface area contributed by atoms with Crippen molar-refractivity contribution in [3.63, 3.8) is 0 Å². The summed E-state index contributed by atoms with van der Waals surface area (Å²) in [7, 11) is -0.335. The number of hydrogen-bond acceptors (Lipinski definition) is 3. The van der Waals surface area contributed by atoms with Crippen LogP contribution in [-0.2, 0) is 28.8 Å². The number of rotatable bonds is 4. The molecule has 1 heterocycles. The van der Waals surface area contributed by atoms with E-state index in [0.717, 1.165) is 16.8 Å². The average molecular weight is 364 g/mol. The third kappa shape index (κ3) is 3.79. The predicted molar refractivity (Wildman–Crippen MR) is 110 cm³/mol. The highest BCUT2D eigenvalue weighted by atomic mass is 16.7. The second kappa shape index (κ2) is 6.99. The average Bonchev–Trinajstić information content (AvgIpc) is 2.87. The predicted octanol–water partition coefficient (Wildman–Crippen LogP) is 4.44. The Morgan fingerprint density at radius 3 is 2.33 bits per heavy atom. The van der Waals surface area contributed by atoms with Gasteiger partial charge in [-0.2, -0.15) is 0 Å². The molecule has 1 saturated heterocycles. The van der Waals surface area contributed by atoms with E-state index in [-0.39, 0.29) is 18.3 Å². The molecule has 0 bridgehead atoms. The van der Waals surface area contributed by atoms with E-state index < -0.39 is 0 Å². The zero-order valence-corrected chi connectivity index (χ0v) is 16.9. The molecule has 1 aliphatic carbocycles. The van der Waals surface area contributed by atoms with E-state index >= 15 is 0 Å². The fourth-order valence-corrected chi connectivity index (χ4v) is 3.77. The van der Waals surface area contributed by atoms with Crippen LogP contribution in [0.1, 0.15) is 57.2 Å². The molecule has 0 amide bonds. The summed E-state index contributed by atoms with van der Waals surface area (Å²) in [5.74, 6) is 0.955. The second-order valence-corrected chi connectivity index (χ2v) is 8.76. The first-order chi connectivity index (χ1) is 12.8. The Morgan fingerprint density at radius 1 is 0.889 bits per heavy atom. The van der Waals surface area contributed by atoms with Crippen molar-refractivity contribution < 1.29 is 14.0 Å². The molecular weight excluding hydrogens is 335 g/mol. The first-order valence-corrected chi connectivity index (χ1v) is 10.0. The monoisotopic (exact) mass is 364 g/mol. The number of ether oxygens (including phenoxy) is 1. The van der Waals surface area contributed by atoms with Crippen LogP contribution in [0.15, 0.2) is 42.5 Å². The SMILES string of the molecule is CC1(C)OB(c2cccc(COc3ccc4c(c3)CCCC4)c2)OC1(C)C. The Labute approximate surface area is 163 Å². The van der Waals surface area contributed by atoms with Gasteiger partial charge in [-0.3, -0.25) is 0 Å². The van der Waals surface area contributed by atoms with Crippen LogP contribution in [0.4, 0.5) is 0 Å². The topological polar surface area (TPSA) is 27.7 Å². The van der Waals surface area contributed by atoms with Gasteiger partial charge in [0.2, 0.25) is 0 Å². The fourth-order valence-electron chi connectivity index (χ4n) is 3.77. The first kappa shape index (κ1) is 18.6. The summed E-state index contributed by atoms with van der Waals surface area (Å²) in [6, 6.07) is 14.9. The van der Waals surface area contributed by atoms with Crippen LogP contribution in [-0.4, -0.2) is 18.3 Å². The molecular formula is C23H29BO3. The van der Waals surface area contributed by atoms with Gasteiger partial charge in [-0.1, -0.05) is 30.3 Å². The lowest BCUT2D eigenvalue weighted by molar-refractivity contribution is 0.00578. The van der Waals surface area contributed by atoms with Gasteiger partial charge < -0.3 is 14.0 Å². The number of fused-ring (bicyclic) bond motifs is 1. The van der Waals surface area contributed by atoms with E-state index in [9.17, 15) is 0 Å². The first-order valence-electron chi connectivity index (χ1n) is 10.0. The van der Waals surface area contributed by atoms with E-state index in [2.05, 4.69) is 64.1 Å². The van der Waals surface area contributed by atoms with Crippen LogP contribution in [0.5, 0.6) is 5.75 Å². The maximum absolute atomic E-state index is 6.17. The Hall–Kier alpha value is -1.78. The van der Waals surface area contributed by atoms with Crippen LogP contribution in [0, 0.1) is 0 Å². The highest BCUT2D eigenvalue weighted by molar-refractivity contribution is 6.62. The smallest absolute Gasteiger partial charge is 0.489 e. The molecule has 1 fully saturated rings. The highest BCUT2D eigenvalue weighted by Crippen LogP contribution is 2.36. The minimum absolute atomic E-state index is 0.326. The largest absolute Gasteiger partial charge is 0.494 e. The molecule has 4 heteroatoms. The molecule has 0 spiro atoms. The lowest BCUT2D eigenvalue weighted by Crippen LogP contribution is -2.41. The van der Waals surface area contributed by atoms with E-state index in [1.807, 2.05) is 6.07 Å². The summed E-state index contributed by atoms with van der Waals surface area (Å²) >= 11 is 0. The van der Waals surface area contributed by atoms with Crippen molar-refractivity contribution in [3.8, 4) is 5.75 Å². The Balaban J connectivity index is 1.44. The number of hydrogen-bond donors (Lipinski definition) is 0. The van der Waals surface area contributed by atoms with Gasteiger partial charge in [0.15, 0.2) is 0 Å². The number of aryl methyl sites for hydroxylation is 2. The zero-order chi connectivity index (χ0) is 19.1. The highest BCUT2D eigenvalue weighted by Gasteiger charge is 2.51. The molecule has 0 unspecified atom stereocenters. The molecule has 0 atom stereocenters. The summed E-state index contributed by atoms with van der Waals surface area (Å²) < 4.78 is 18.4. The van der Waals surface area contributed by atoms with Crippen molar-refractivity contribution in [2.45, 2.75) is 71.2 Å². The molecule has 1 aliphatic heterocycles. The maximum Gasteiger partial charge on any atom is 0.494 e. The Kier molecular flexibility index (Phi) is 4.81. The third-order valence-electron chi connectivity index (χ3n) is 6.20. The van der Waals surface area contributed by atoms with Crippen LogP contribution in [0.3, 0.4) is 0 Å². The molecule has 2 aromatic rings. The summed E-state index contributed by atoms with van der Waals surface area (Å²) in [6.45, 7) is 8.87. The number of benzene rings is 2. The van der Waals surface area contributed by atoms with Crippen molar-refractivity contribution in [1.29, 1.82) is 0 Å². The van der Waals surface area contributed by atoms with E-state index in [4.69, 9.17) is 14.0 Å². The molecule has 0 radical (unpaired) electrons. The quantitative estimate of drug-likeness (QED) is 0.751. The molecule has 2 aromatic carbocycles. The molecule has 0 N–H and O–H groups in total. The summed E-state index contributed by atoms with van der Waals surface area (Å²) in [4.78, 5) is 0. The Morgan fingerprint density at radius 2 is 1.59 bits per heavy atom. The van der Waals surface area contributed by atoms with Gasteiger partial charge in [0.25, 0.3) is 0 Å². The lowest BCUT2D eigenvalue weighted by atomic mass is 9.78. The van der Waals surface area contributed by atoms with Crippen molar-refractivity contribution in [2.24, 2.45) is 0 Å². The fraction of sp³-hybridized carbons (Fsp3) is 0.478. The van der Waals surface area contributed by atoms with Gasteiger partial charge in [0.1, 0.15) is 12.4 Å².